The molecule has 2 N–H and O–H groups in total. The number of benzene rings is 1. The van der Waals surface area contributed by atoms with Crippen molar-refractivity contribution in [3.05, 3.63) is 29.8 Å². The molecule has 0 aliphatic heterocycles. The van der Waals surface area contributed by atoms with Crippen LogP contribution in [0.4, 0.5) is 0 Å². The summed E-state index contributed by atoms with van der Waals surface area (Å²) in [4.78, 5) is 14.1. The predicted molar refractivity (Wildman–Crippen MR) is 87.4 cm³/mol. The average molecular weight is 327 g/mol. The highest BCUT2D eigenvalue weighted by atomic mass is 32.2. The number of carbonyl (C=O) groups excluding carboxylic acids is 1. The van der Waals surface area contributed by atoms with E-state index in [0.29, 0.717) is 12.1 Å². The zero-order chi connectivity index (χ0) is 17.0. The van der Waals surface area contributed by atoms with Gasteiger partial charge in [0.2, 0.25) is 10.0 Å². The van der Waals surface area contributed by atoms with Gasteiger partial charge in [-0.25, -0.2) is 13.1 Å². The normalized spacial score (nSPS) is 12.5. The Labute approximate surface area is 132 Å². The molecule has 6 nitrogen and oxygen atoms in total. The number of nitrogens with zero attached hydrogens (tertiary/aromatic N) is 1. The Morgan fingerprint density at radius 2 is 1.86 bits per heavy atom. The zero-order valence-electron chi connectivity index (χ0n) is 13.8. The van der Waals surface area contributed by atoms with Crippen molar-refractivity contribution in [2.75, 3.05) is 27.2 Å². The van der Waals surface area contributed by atoms with Crippen molar-refractivity contribution in [2.45, 2.75) is 31.2 Å². The first-order chi connectivity index (χ1) is 10.0. The molecule has 0 aliphatic rings. The highest BCUT2D eigenvalue weighted by Gasteiger charge is 2.22. The zero-order valence-corrected chi connectivity index (χ0v) is 14.6. The van der Waals surface area contributed by atoms with Gasteiger partial charge in [-0.2, -0.15) is 0 Å². The van der Waals surface area contributed by atoms with Crippen LogP contribution >= 0.6 is 0 Å². The number of amides is 1. The minimum atomic E-state index is -3.65. The molecular weight excluding hydrogens is 302 g/mol. The molecule has 0 aliphatic carbocycles. The minimum absolute atomic E-state index is 0.0858. The summed E-state index contributed by atoms with van der Waals surface area (Å²) in [6.07, 6.45) is 0. The van der Waals surface area contributed by atoms with E-state index in [-0.39, 0.29) is 10.8 Å². The summed E-state index contributed by atoms with van der Waals surface area (Å²) in [5.41, 5.74) is -0.251. The van der Waals surface area contributed by atoms with E-state index in [9.17, 15) is 13.2 Å². The summed E-state index contributed by atoms with van der Waals surface area (Å²) in [6.45, 7) is 6.52. The fraction of sp³-hybridized carbons (Fsp3) is 0.533. The highest BCUT2D eigenvalue weighted by Crippen LogP contribution is 2.14. The summed E-state index contributed by atoms with van der Waals surface area (Å²) < 4.78 is 27.1. The van der Waals surface area contributed by atoms with Gasteiger partial charge in [0.25, 0.3) is 5.91 Å². The largest absolute Gasteiger partial charge is 0.351 e. The van der Waals surface area contributed by atoms with Crippen LogP contribution in [0.5, 0.6) is 0 Å². The first-order valence-corrected chi connectivity index (χ1v) is 8.56. The van der Waals surface area contributed by atoms with Crippen LogP contribution in [0.15, 0.2) is 29.2 Å². The Balaban J connectivity index is 2.88. The number of nitrogens with one attached hydrogen (secondary N) is 2. The molecule has 0 heterocycles. The van der Waals surface area contributed by atoms with Gasteiger partial charge in [-0.1, -0.05) is 6.07 Å². The quantitative estimate of drug-likeness (QED) is 0.819. The molecule has 0 unspecified atom stereocenters. The molecule has 0 atom stereocenters. The van der Waals surface area contributed by atoms with E-state index in [1.807, 2.05) is 19.0 Å². The molecule has 1 aromatic rings. The van der Waals surface area contributed by atoms with E-state index in [0.717, 1.165) is 6.54 Å². The lowest BCUT2D eigenvalue weighted by atomic mass is 10.1. The lowest BCUT2D eigenvalue weighted by Gasteiger charge is -2.20. The van der Waals surface area contributed by atoms with Crippen LogP contribution in [-0.4, -0.2) is 51.9 Å². The first-order valence-electron chi connectivity index (χ1n) is 7.08. The van der Waals surface area contributed by atoms with Crippen molar-refractivity contribution in [1.82, 2.24) is 14.9 Å². The van der Waals surface area contributed by atoms with Crippen molar-refractivity contribution in [3.63, 3.8) is 0 Å². The molecule has 0 radical (unpaired) electrons. The van der Waals surface area contributed by atoms with Gasteiger partial charge in [0, 0.05) is 24.2 Å². The Morgan fingerprint density at radius 3 is 2.41 bits per heavy atom. The van der Waals surface area contributed by atoms with E-state index in [1.54, 1.807) is 32.9 Å². The average Bonchev–Trinajstić information content (AvgIpc) is 2.35. The molecule has 1 aromatic carbocycles. The fourth-order valence-electron chi connectivity index (χ4n) is 1.76. The molecule has 0 aromatic heterocycles. The Morgan fingerprint density at radius 1 is 1.23 bits per heavy atom. The van der Waals surface area contributed by atoms with E-state index >= 15 is 0 Å². The van der Waals surface area contributed by atoms with Crippen molar-refractivity contribution in [1.29, 1.82) is 0 Å². The second-order valence-corrected chi connectivity index (χ2v) is 8.12. The maximum Gasteiger partial charge on any atom is 0.251 e. The van der Waals surface area contributed by atoms with Gasteiger partial charge in [-0.3, -0.25) is 4.79 Å². The molecule has 0 saturated carbocycles. The van der Waals surface area contributed by atoms with Crippen molar-refractivity contribution >= 4 is 15.9 Å². The Kier molecular flexibility index (Phi) is 6.10. The molecule has 124 valence electrons. The fourth-order valence-corrected chi connectivity index (χ4v) is 3.23. The van der Waals surface area contributed by atoms with E-state index in [1.165, 1.54) is 12.1 Å². The van der Waals surface area contributed by atoms with Gasteiger partial charge in [0.05, 0.1) is 4.90 Å². The molecule has 7 heteroatoms. The van der Waals surface area contributed by atoms with Crippen LogP contribution in [0.1, 0.15) is 31.1 Å². The molecule has 22 heavy (non-hydrogen) atoms. The summed E-state index contributed by atoms with van der Waals surface area (Å²) >= 11 is 0. The second kappa shape index (κ2) is 7.21. The number of likely N-dealkylation sites (N-methyl/N-ethyl adjacent to an activating group) is 1. The minimum Gasteiger partial charge on any atom is -0.351 e. The molecule has 0 fully saturated rings. The summed E-state index contributed by atoms with van der Waals surface area (Å²) in [6, 6.07) is 6.03. The topological polar surface area (TPSA) is 78.5 Å². The standard InChI is InChI=1S/C15H25N3O3S/c1-15(2,3)17-22(20,21)13-8-6-7-12(11-13)14(19)16-9-10-18(4)5/h6-8,11,17H,9-10H2,1-5H3,(H,16,19). The molecule has 1 amide bonds. The molecule has 0 saturated heterocycles. The van der Waals surface area contributed by atoms with E-state index in [4.69, 9.17) is 0 Å². The maximum absolute atomic E-state index is 12.3. The summed E-state index contributed by atoms with van der Waals surface area (Å²) in [5, 5.41) is 2.76. The lowest BCUT2D eigenvalue weighted by Crippen LogP contribution is -2.40. The lowest BCUT2D eigenvalue weighted by molar-refractivity contribution is 0.0951. The Bertz CT molecular complexity index is 619. The number of rotatable bonds is 6. The molecular formula is C15H25N3O3S. The van der Waals surface area contributed by atoms with Crippen molar-refractivity contribution < 1.29 is 13.2 Å². The molecule has 0 bridgehead atoms. The van der Waals surface area contributed by atoms with E-state index < -0.39 is 15.6 Å². The predicted octanol–water partition coefficient (Wildman–Crippen LogP) is 1.05. The number of sulfonamides is 1. The third kappa shape index (κ3) is 6.13. The van der Waals surface area contributed by atoms with Crippen molar-refractivity contribution in [3.8, 4) is 0 Å². The van der Waals surface area contributed by atoms with Gasteiger partial charge < -0.3 is 10.2 Å². The van der Waals surface area contributed by atoms with E-state index in [2.05, 4.69) is 10.0 Å². The van der Waals surface area contributed by atoms with Crippen LogP contribution in [0.2, 0.25) is 0 Å². The number of hydrogen-bond donors (Lipinski definition) is 2. The van der Waals surface area contributed by atoms with Crippen LogP contribution in [0, 0.1) is 0 Å². The third-order valence-electron chi connectivity index (χ3n) is 2.69. The van der Waals surface area contributed by atoms with Crippen LogP contribution < -0.4 is 10.0 Å². The summed E-state index contributed by atoms with van der Waals surface area (Å²) in [5.74, 6) is -0.283. The molecule has 1 rings (SSSR count). The summed E-state index contributed by atoms with van der Waals surface area (Å²) in [7, 11) is 0.182. The maximum atomic E-state index is 12.3. The smallest absolute Gasteiger partial charge is 0.251 e. The van der Waals surface area contributed by atoms with Crippen LogP contribution in [0.25, 0.3) is 0 Å². The SMILES string of the molecule is CN(C)CCNC(=O)c1cccc(S(=O)(=O)NC(C)(C)C)c1. The van der Waals surface area contributed by atoms with Crippen LogP contribution in [0.3, 0.4) is 0 Å². The third-order valence-corrected chi connectivity index (χ3v) is 4.45. The van der Waals surface area contributed by atoms with Gasteiger partial charge in [0.1, 0.15) is 0 Å². The van der Waals surface area contributed by atoms with Gasteiger partial charge in [-0.05, 0) is 53.1 Å². The monoisotopic (exact) mass is 327 g/mol. The number of carbonyl (C=O) groups is 1. The Hall–Kier alpha value is -1.44. The van der Waals surface area contributed by atoms with Gasteiger partial charge in [-0.15, -0.1) is 0 Å². The molecule has 0 spiro atoms. The van der Waals surface area contributed by atoms with Gasteiger partial charge >= 0.3 is 0 Å². The van der Waals surface area contributed by atoms with Crippen LogP contribution in [-0.2, 0) is 10.0 Å². The first kappa shape index (κ1) is 18.6. The van der Waals surface area contributed by atoms with Gasteiger partial charge in [0.15, 0.2) is 0 Å². The second-order valence-electron chi connectivity index (χ2n) is 6.44. The highest BCUT2D eigenvalue weighted by molar-refractivity contribution is 7.89. The number of hydrogen-bond acceptors (Lipinski definition) is 4. The van der Waals surface area contributed by atoms with Crippen molar-refractivity contribution in [2.24, 2.45) is 0 Å².